The molecule has 0 fully saturated rings. The van der Waals surface area contributed by atoms with Crippen molar-refractivity contribution in [3.63, 3.8) is 0 Å². The number of likely N-dealkylation sites (N-methyl/N-ethyl adjacent to an activating group) is 1. The minimum atomic E-state index is 0.421. The lowest BCUT2D eigenvalue weighted by Crippen LogP contribution is -2.30. The van der Waals surface area contributed by atoms with Gasteiger partial charge in [-0.05, 0) is 32.0 Å². The molecule has 0 bridgehead atoms. The summed E-state index contributed by atoms with van der Waals surface area (Å²) in [7, 11) is 2.01. The number of aryl methyl sites for hydroxylation is 1. The fourth-order valence-electron chi connectivity index (χ4n) is 1.96. The third-order valence-electron chi connectivity index (χ3n) is 2.95. The Labute approximate surface area is 121 Å². The Bertz CT molecular complexity index is 510. The Kier molecular flexibility index (Phi) is 4.92. The normalized spacial score (nSPS) is 12.6. The van der Waals surface area contributed by atoms with Crippen molar-refractivity contribution in [3.05, 3.63) is 50.4 Å². The number of hydrogen-bond donors (Lipinski definition) is 1. The quantitative estimate of drug-likeness (QED) is 0.909. The molecule has 1 atom stereocenters. The number of nitrogens with zero attached hydrogens (tertiary/aromatic N) is 1. The van der Waals surface area contributed by atoms with Gasteiger partial charge in [-0.2, -0.15) is 0 Å². The van der Waals surface area contributed by atoms with Crippen molar-refractivity contribution in [2.75, 3.05) is 7.05 Å². The first kappa shape index (κ1) is 13.7. The lowest BCUT2D eigenvalue weighted by Gasteiger charge is -2.16. The molecule has 0 amide bonds. The maximum absolute atomic E-state index is 4.53. The summed E-state index contributed by atoms with van der Waals surface area (Å²) in [6, 6.07) is 8.81. The van der Waals surface area contributed by atoms with Gasteiger partial charge in [-0.15, -0.1) is 11.3 Å². The third kappa shape index (κ3) is 3.64. The fraction of sp³-hybridized carbons (Fsp3) is 0.357. The van der Waals surface area contributed by atoms with Crippen molar-refractivity contribution >= 4 is 27.3 Å². The Hall–Kier alpha value is -0.710. The van der Waals surface area contributed by atoms with E-state index in [1.807, 2.05) is 13.1 Å². The Morgan fingerprint density at radius 2 is 2.11 bits per heavy atom. The van der Waals surface area contributed by atoms with Gasteiger partial charge in [0.05, 0.1) is 10.7 Å². The average molecular weight is 325 g/mol. The van der Waals surface area contributed by atoms with E-state index < -0.39 is 0 Å². The summed E-state index contributed by atoms with van der Waals surface area (Å²) < 4.78 is 1.18. The smallest absolute Gasteiger partial charge is 0.0897 e. The molecule has 0 radical (unpaired) electrons. The molecule has 2 aromatic rings. The molecule has 1 heterocycles. The second-order valence-corrected chi connectivity index (χ2v) is 6.26. The van der Waals surface area contributed by atoms with Gasteiger partial charge in [0.1, 0.15) is 0 Å². The highest BCUT2D eigenvalue weighted by Crippen LogP contribution is 2.19. The first-order valence-electron chi connectivity index (χ1n) is 6.00. The van der Waals surface area contributed by atoms with Crippen LogP contribution in [0.2, 0.25) is 0 Å². The van der Waals surface area contributed by atoms with E-state index in [9.17, 15) is 0 Å². The van der Waals surface area contributed by atoms with Crippen LogP contribution in [-0.4, -0.2) is 18.1 Å². The van der Waals surface area contributed by atoms with E-state index in [1.54, 1.807) is 11.3 Å². The summed E-state index contributed by atoms with van der Waals surface area (Å²) in [4.78, 5) is 4.53. The zero-order chi connectivity index (χ0) is 13.0. The monoisotopic (exact) mass is 324 g/mol. The van der Waals surface area contributed by atoms with Crippen LogP contribution >= 0.6 is 27.3 Å². The number of hydrogen-bond acceptors (Lipinski definition) is 3. The molecule has 2 nitrogen and oxygen atoms in total. The molecule has 1 aromatic heterocycles. The summed E-state index contributed by atoms with van der Waals surface area (Å²) >= 11 is 5.32. The highest BCUT2D eigenvalue weighted by Gasteiger charge is 2.11. The van der Waals surface area contributed by atoms with Gasteiger partial charge in [-0.3, -0.25) is 0 Å². The molecule has 4 heteroatoms. The first-order valence-corrected chi connectivity index (χ1v) is 7.68. The molecule has 1 unspecified atom stereocenters. The molecular weight excluding hydrogens is 308 g/mol. The average Bonchev–Trinajstić information content (AvgIpc) is 2.76. The standard InChI is InChI=1S/C14H17BrN2S/c1-10-17-13(9-18-10)8-12(16-2)7-11-5-3-4-6-14(11)15/h3-6,9,12,16H,7-8H2,1-2H3. The van der Waals surface area contributed by atoms with E-state index in [0.717, 1.165) is 17.8 Å². The number of halogens is 1. The van der Waals surface area contributed by atoms with Crippen LogP contribution in [0.4, 0.5) is 0 Å². The van der Waals surface area contributed by atoms with Crippen LogP contribution in [-0.2, 0) is 12.8 Å². The van der Waals surface area contributed by atoms with Crippen molar-refractivity contribution in [2.45, 2.75) is 25.8 Å². The molecular formula is C14H17BrN2S. The molecule has 0 saturated heterocycles. The van der Waals surface area contributed by atoms with Gasteiger partial charge in [-0.25, -0.2) is 4.98 Å². The van der Waals surface area contributed by atoms with Crippen molar-refractivity contribution in [2.24, 2.45) is 0 Å². The van der Waals surface area contributed by atoms with E-state index in [-0.39, 0.29) is 0 Å². The van der Waals surface area contributed by atoms with Crippen LogP contribution in [0.1, 0.15) is 16.3 Å². The lowest BCUT2D eigenvalue weighted by atomic mass is 10.0. The summed E-state index contributed by atoms with van der Waals surface area (Å²) in [6.07, 6.45) is 1.98. The number of aromatic nitrogens is 1. The van der Waals surface area contributed by atoms with Crippen LogP contribution in [0.3, 0.4) is 0 Å². The van der Waals surface area contributed by atoms with E-state index in [2.05, 4.69) is 56.7 Å². The summed E-state index contributed by atoms with van der Waals surface area (Å²) in [5.74, 6) is 0. The molecule has 18 heavy (non-hydrogen) atoms. The van der Waals surface area contributed by atoms with E-state index in [4.69, 9.17) is 0 Å². The van der Waals surface area contributed by atoms with Gasteiger partial charge in [0, 0.05) is 22.3 Å². The zero-order valence-corrected chi connectivity index (χ0v) is 13.0. The number of benzene rings is 1. The molecule has 96 valence electrons. The fourth-order valence-corrected chi connectivity index (χ4v) is 3.03. The maximum atomic E-state index is 4.53. The van der Waals surface area contributed by atoms with Gasteiger partial charge in [-0.1, -0.05) is 34.1 Å². The van der Waals surface area contributed by atoms with E-state index in [1.165, 1.54) is 15.7 Å². The highest BCUT2D eigenvalue weighted by atomic mass is 79.9. The minimum absolute atomic E-state index is 0.421. The summed E-state index contributed by atoms with van der Waals surface area (Å²) in [5.41, 5.74) is 2.52. The third-order valence-corrected chi connectivity index (χ3v) is 4.55. The molecule has 0 aliphatic heterocycles. The second kappa shape index (κ2) is 6.45. The largest absolute Gasteiger partial charge is 0.316 e. The number of thiazole rings is 1. The maximum Gasteiger partial charge on any atom is 0.0897 e. The topological polar surface area (TPSA) is 24.9 Å². The van der Waals surface area contributed by atoms with E-state index >= 15 is 0 Å². The predicted octanol–water partition coefficient (Wildman–Crippen LogP) is 3.59. The molecule has 0 spiro atoms. The second-order valence-electron chi connectivity index (χ2n) is 4.34. The minimum Gasteiger partial charge on any atom is -0.316 e. The van der Waals surface area contributed by atoms with E-state index in [0.29, 0.717) is 6.04 Å². The van der Waals surface area contributed by atoms with Gasteiger partial charge in [0.25, 0.3) is 0 Å². The van der Waals surface area contributed by atoms with Crippen molar-refractivity contribution in [3.8, 4) is 0 Å². The molecule has 0 aliphatic rings. The van der Waals surface area contributed by atoms with Crippen molar-refractivity contribution in [1.82, 2.24) is 10.3 Å². The van der Waals surface area contributed by atoms with Gasteiger partial charge < -0.3 is 5.32 Å². The first-order chi connectivity index (χ1) is 8.69. The number of rotatable bonds is 5. The Balaban J connectivity index is 2.04. The number of nitrogens with one attached hydrogen (secondary N) is 1. The van der Waals surface area contributed by atoms with Crippen LogP contribution in [0.25, 0.3) is 0 Å². The molecule has 0 aliphatic carbocycles. The van der Waals surface area contributed by atoms with Crippen LogP contribution in [0.15, 0.2) is 34.1 Å². The summed E-state index contributed by atoms with van der Waals surface area (Å²) in [5, 5.41) is 6.67. The molecule has 0 saturated carbocycles. The van der Waals surface area contributed by atoms with Crippen molar-refractivity contribution in [1.29, 1.82) is 0 Å². The van der Waals surface area contributed by atoms with Gasteiger partial charge in [0.15, 0.2) is 0 Å². The van der Waals surface area contributed by atoms with Crippen LogP contribution in [0, 0.1) is 6.92 Å². The molecule has 1 N–H and O–H groups in total. The van der Waals surface area contributed by atoms with Crippen LogP contribution < -0.4 is 5.32 Å². The molecule has 2 rings (SSSR count). The summed E-state index contributed by atoms with van der Waals surface area (Å²) in [6.45, 7) is 2.05. The highest BCUT2D eigenvalue weighted by molar-refractivity contribution is 9.10. The zero-order valence-electron chi connectivity index (χ0n) is 10.6. The SMILES string of the molecule is CNC(Cc1csc(C)n1)Cc1ccccc1Br. The predicted molar refractivity (Wildman–Crippen MR) is 81.2 cm³/mol. The van der Waals surface area contributed by atoms with Gasteiger partial charge in [0.2, 0.25) is 0 Å². The van der Waals surface area contributed by atoms with Crippen molar-refractivity contribution < 1.29 is 0 Å². The Morgan fingerprint density at radius 1 is 1.33 bits per heavy atom. The van der Waals surface area contributed by atoms with Gasteiger partial charge >= 0.3 is 0 Å². The molecule has 1 aromatic carbocycles. The Morgan fingerprint density at radius 3 is 2.72 bits per heavy atom. The lowest BCUT2D eigenvalue weighted by molar-refractivity contribution is 0.550. The van der Waals surface area contributed by atoms with Crippen LogP contribution in [0.5, 0.6) is 0 Å².